The normalized spacial score (nSPS) is 21.2. The predicted molar refractivity (Wildman–Crippen MR) is 91.6 cm³/mol. The lowest BCUT2D eigenvalue weighted by Crippen LogP contribution is -2.46. The van der Waals surface area contributed by atoms with Crippen molar-refractivity contribution in [3.8, 4) is 0 Å². The van der Waals surface area contributed by atoms with Crippen molar-refractivity contribution in [2.24, 2.45) is 0 Å². The van der Waals surface area contributed by atoms with Crippen LogP contribution in [0.15, 0.2) is 34.9 Å². The highest BCUT2D eigenvalue weighted by atomic mass is 16.5. The zero-order chi connectivity index (χ0) is 17.6. The van der Waals surface area contributed by atoms with E-state index in [9.17, 15) is 4.79 Å². The molecule has 134 valence electrons. The summed E-state index contributed by atoms with van der Waals surface area (Å²) in [4.78, 5) is 18.6. The van der Waals surface area contributed by atoms with E-state index in [-0.39, 0.29) is 18.4 Å². The van der Waals surface area contributed by atoms with E-state index >= 15 is 0 Å². The molecule has 7 heteroatoms. The number of ether oxygens (including phenoxy) is 1. The molecular weight excluding hydrogens is 320 g/mol. The summed E-state index contributed by atoms with van der Waals surface area (Å²) in [5, 5.41) is 6.78. The number of amides is 1. The van der Waals surface area contributed by atoms with Crippen molar-refractivity contribution < 1.29 is 14.1 Å². The fourth-order valence-electron chi connectivity index (χ4n) is 2.79. The number of hydrogen-bond donors (Lipinski definition) is 1. The molecule has 1 amide bonds. The van der Waals surface area contributed by atoms with E-state index < -0.39 is 0 Å². The summed E-state index contributed by atoms with van der Waals surface area (Å²) in [5.41, 5.74) is 1.06. The quantitative estimate of drug-likeness (QED) is 0.856. The van der Waals surface area contributed by atoms with Crippen molar-refractivity contribution in [1.82, 2.24) is 20.4 Å². The Morgan fingerprint density at radius 3 is 2.92 bits per heavy atom. The molecule has 1 N–H and O–H groups in total. The Labute approximate surface area is 147 Å². The molecule has 1 fully saturated rings. The van der Waals surface area contributed by atoms with Crippen LogP contribution in [0.25, 0.3) is 0 Å². The number of carbonyl (C=O) groups excluding carboxylic acids is 1. The third kappa shape index (κ3) is 5.11. The first-order valence-electron chi connectivity index (χ1n) is 8.58. The van der Waals surface area contributed by atoms with Gasteiger partial charge >= 0.3 is 0 Å². The van der Waals surface area contributed by atoms with Crippen molar-refractivity contribution in [3.63, 3.8) is 0 Å². The smallest absolute Gasteiger partial charge is 0.240 e. The zero-order valence-electron chi connectivity index (χ0n) is 14.6. The second-order valence-corrected chi connectivity index (χ2v) is 6.47. The average molecular weight is 344 g/mol. The van der Waals surface area contributed by atoms with Gasteiger partial charge in [-0.1, -0.05) is 35.5 Å². The third-order valence-electron chi connectivity index (χ3n) is 4.24. The van der Waals surface area contributed by atoms with Gasteiger partial charge in [0.1, 0.15) is 0 Å². The molecule has 0 saturated carbocycles. The molecule has 0 radical (unpaired) electrons. The Balaban J connectivity index is 1.48. The minimum Gasteiger partial charge on any atom is -0.376 e. The summed E-state index contributed by atoms with van der Waals surface area (Å²) >= 11 is 0. The van der Waals surface area contributed by atoms with Gasteiger partial charge in [0.25, 0.3) is 0 Å². The average Bonchev–Trinajstić information content (AvgIpc) is 3.04. The monoisotopic (exact) mass is 344 g/mol. The molecule has 3 rings (SSSR count). The highest BCUT2D eigenvalue weighted by molar-refractivity contribution is 5.77. The fraction of sp³-hybridized carbons (Fsp3) is 0.500. The van der Waals surface area contributed by atoms with Crippen LogP contribution in [0.1, 0.15) is 31.1 Å². The molecule has 1 aliphatic heterocycles. The first kappa shape index (κ1) is 17.6. The molecule has 0 aliphatic carbocycles. The summed E-state index contributed by atoms with van der Waals surface area (Å²) < 4.78 is 10.9. The second kappa shape index (κ2) is 8.22. The van der Waals surface area contributed by atoms with E-state index in [1.165, 1.54) is 0 Å². The summed E-state index contributed by atoms with van der Waals surface area (Å²) in [6.07, 6.45) is 0.313. The van der Waals surface area contributed by atoms with Crippen LogP contribution in [0, 0.1) is 0 Å². The summed E-state index contributed by atoms with van der Waals surface area (Å²) in [5.74, 6) is 0.825. The molecule has 1 aromatic carbocycles. The van der Waals surface area contributed by atoms with Gasteiger partial charge in [0.2, 0.25) is 11.8 Å². The van der Waals surface area contributed by atoms with Gasteiger partial charge in [0, 0.05) is 19.1 Å². The SMILES string of the molecule is C[C@@H]1CN(Cc2nc(CC(=O)NCc3ccccc3)no2)[C@H](C)CO1. The first-order valence-corrected chi connectivity index (χ1v) is 8.58. The summed E-state index contributed by atoms with van der Waals surface area (Å²) in [6.45, 7) is 6.76. The van der Waals surface area contributed by atoms with Crippen molar-refractivity contribution in [1.29, 1.82) is 0 Å². The number of nitrogens with one attached hydrogen (secondary N) is 1. The van der Waals surface area contributed by atoms with Crippen molar-refractivity contribution in [2.45, 2.75) is 45.5 Å². The van der Waals surface area contributed by atoms with Gasteiger partial charge in [0.05, 0.1) is 25.7 Å². The van der Waals surface area contributed by atoms with Gasteiger partial charge in [-0.15, -0.1) is 0 Å². The Hall–Kier alpha value is -2.25. The van der Waals surface area contributed by atoms with Crippen LogP contribution in [0.4, 0.5) is 0 Å². The lowest BCUT2D eigenvalue weighted by molar-refractivity contribution is -0.120. The molecule has 7 nitrogen and oxygen atoms in total. The van der Waals surface area contributed by atoms with Crippen LogP contribution in [-0.2, 0) is 29.0 Å². The molecule has 2 heterocycles. The lowest BCUT2D eigenvalue weighted by Gasteiger charge is -2.35. The van der Waals surface area contributed by atoms with Crippen molar-refractivity contribution in [3.05, 3.63) is 47.6 Å². The molecule has 1 aromatic heterocycles. The van der Waals surface area contributed by atoms with Gasteiger partial charge in [-0.25, -0.2) is 0 Å². The minimum atomic E-state index is -0.121. The molecule has 0 unspecified atom stereocenters. The van der Waals surface area contributed by atoms with Crippen molar-refractivity contribution in [2.75, 3.05) is 13.2 Å². The Morgan fingerprint density at radius 2 is 2.12 bits per heavy atom. The van der Waals surface area contributed by atoms with Gasteiger partial charge < -0.3 is 14.6 Å². The van der Waals surface area contributed by atoms with Crippen LogP contribution in [0.3, 0.4) is 0 Å². The highest BCUT2D eigenvalue weighted by Crippen LogP contribution is 2.14. The number of hydrogen-bond acceptors (Lipinski definition) is 6. The van der Waals surface area contributed by atoms with Crippen LogP contribution in [-0.4, -0.2) is 46.2 Å². The Morgan fingerprint density at radius 1 is 1.32 bits per heavy atom. The van der Waals surface area contributed by atoms with E-state index in [0.717, 1.165) is 12.1 Å². The molecule has 25 heavy (non-hydrogen) atoms. The van der Waals surface area contributed by atoms with E-state index in [2.05, 4.69) is 34.2 Å². The Kier molecular flexibility index (Phi) is 5.78. The molecular formula is C18H24N4O3. The van der Waals surface area contributed by atoms with Crippen LogP contribution in [0.2, 0.25) is 0 Å². The molecule has 2 aromatic rings. The molecule has 0 bridgehead atoms. The van der Waals surface area contributed by atoms with E-state index in [0.29, 0.717) is 37.5 Å². The summed E-state index contributed by atoms with van der Waals surface area (Å²) in [7, 11) is 0. The standard InChI is InChI=1S/C18H24N4O3/c1-13-12-24-14(2)10-22(13)11-18-20-16(21-25-18)8-17(23)19-9-15-6-4-3-5-7-15/h3-7,13-14H,8-12H2,1-2H3,(H,19,23)/t13-,14-/m1/s1. The van der Waals surface area contributed by atoms with Crippen LogP contribution in [0.5, 0.6) is 0 Å². The number of aromatic nitrogens is 2. The molecule has 1 aliphatic rings. The predicted octanol–water partition coefficient (Wildman–Crippen LogP) is 1.54. The van der Waals surface area contributed by atoms with E-state index in [4.69, 9.17) is 9.26 Å². The third-order valence-corrected chi connectivity index (χ3v) is 4.24. The van der Waals surface area contributed by atoms with Crippen LogP contribution >= 0.6 is 0 Å². The maximum absolute atomic E-state index is 12.0. The topological polar surface area (TPSA) is 80.5 Å². The number of benzene rings is 1. The molecule has 0 spiro atoms. The van der Waals surface area contributed by atoms with Crippen molar-refractivity contribution >= 4 is 5.91 Å². The fourth-order valence-corrected chi connectivity index (χ4v) is 2.79. The van der Waals surface area contributed by atoms with Crippen LogP contribution < -0.4 is 5.32 Å². The van der Waals surface area contributed by atoms with Gasteiger partial charge in [-0.05, 0) is 19.4 Å². The minimum absolute atomic E-state index is 0.116. The molecule has 2 atom stereocenters. The maximum atomic E-state index is 12.0. The summed E-state index contributed by atoms with van der Waals surface area (Å²) in [6, 6.07) is 10.1. The van der Waals surface area contributed by atoms with E-state index in [1.54, 1.807) is 0 Å². The number of carbonyl (C=O) groups is 1. The Bertz CT molecular complexity index is 689. The second-order valence-electron chi connectivity index (χ2n) is 6.47. The van der Waals surface area contributed by atoms with Gasteiger partial charge in [-0.2, -0.15) is 4.98 Å². The maximum Gasteiger partial charge on any atom is 0.240 e. The number of morpholine rings is 1. The number of rotatable bonds is 6. The molecule has 1 saturated heterocycles. The largest absolute Gasteiger partial charge is 0.376 e. The van der Waals surface area contributed by atoms with Gasteiger partial charge in [0.15, 0.2) is 5.82 Å². The number of nitrogens with zero attached hydrogens (tertiary/aromatic N) is 3. The first-order chi connectivity index (χ1) is 12.1. The van der Waals surface area contributed by atoms with Gasteiger partial charge in [-0.3, -0.25) is 9.69 Å². The lowest BCUT2D eigenvalue weighted by atomic mass is 10.2. The van der Waals surface area contributed by atoms with E-state index in [1.807, 2.05) is 30.3 Å². The highest BCUT2D eigenvalue weighted by Gasteiger charge is 2.25. The zero-order valence-corrected chi connectivity index (χ0v) is 14.6.